The SMILES string of the molecule is C[C@](Oc1ccc2c(c1CCc1cccnc1)CCCC2=O)(c1ccccc1)N1C=NCC1. The van der Waals surface area contributed by atoms with E-state index in [0.29, 0.717) is 6.42 Å². The third-order valence-electron chi connectivity index (χ3n) is 6.76. The fourth-order valence-electron chi connectivity index (χ4n) is 4.91. The van der Waals surface area contributed by atoms with Crippen LogP contribution in [0, 0.1) is 0 Å². The third-order valence-corrected chi connectivity index (χ3v) is 6.76. The maximum Gasteiger partial charge on any atom is 0.207 e. The van der Waals surface area contributed by atoms with Crippen molar-refractivity contribution in [2.45, 2.75) is 44.8 Å². The molecule has 5 nitrogen and oxygen atoms in total. The van der Waals surface area contributed by atoms with E-state index in [1.807, 2.05) is 48.9 Å². The molecule has 0 bridgehead atoms. The van der Waals surface area contributed by atoms with Gasteiger partial charge in [-0.2, -0.15) is 0 Å². The number of Topliss-reactive ketones (excluding diaryl/α,β-unsaturated/α-hetero) is 1. The number of benzene rings is 2. The molecule has 3 aromatic rings. The van der Waals surface area contributed by atoms with Crippen molar-refractivity contribution in [3.05, 3.63) is 94.8 Å². The minimum absolute atomic E-state index is 0.239. The molecule has 1 aliphatic carbocycles. The zero-order valence-electron chi connectivity index (χ0n) is 19.0. The van der Waals surface area contributed by atoms with Gasteiger partial charge in [-0.3, -0.25) is 14.8 Å². The van der Waals surface area contributed by atoms with Crippen LogP contribution in [0.1, 0.15) is 52.4 Å². The van der Waals surface area contributed by atoms with Crippen molar-refractivity contribution in [2.75, 3.05) is 13.1 Å². The Hall–Kier alpha value is -3.47. The number of pyridine rings is 1. The highest BCUT2D eigenvalue weighted by Crippen LogP contribution is 2.38. The Morgan fingerprint density at radius 2 is 1.91 bits per heavy atom. The van der Waals surface area contributed by atoms with Crippen LogP contribution in [0.15, 0.2) is 72.0 Å². The standard InChI is InChI=1S/C28H29N3O2/c1-28(31-18-17-30-20-31,22-8-3-2-4-9-22)33-27-15-14-24-23(10-5-11-26(24)32)25(27)13-12-21-7-6-16-29-19-21/h2-4,6-9,14-16,19-20H,5,10-13,17-18H2,1H3/t28-/m0/s1. The number of aromatic nitrogens is 1. The van der Waals surface area contributed by atoms with E-state index in [1.165, 1.54) is 5.56 Å². The number of nitrogens with zero attached hydrogens (tertiary/aromatic N) is 3. The predicted molar refractivity (Wildman–Crippen MR) is 130 cm³/mol. The highest BCUT2D eigenvalue weighted by Gasteiger charge is 2.37. The lowest BCUT2D eigenvalue weighted by Crippen LogP contribution is -2.47. The summed E-state index contributed by atoms with van der Waals surface area (Å²) in [4.78, 5) is 23.5. The fraction of sp³-hybridized carbons (Fsp3) is 0.321. The average Bonchev–Trinajstić information content (AvgIpc) is 3.40. The third kappa shape index (κ3) is 4.28. The van der Waals surface area contributed by atoms with Gasteiger partial charge in [-0.15, -0.1) is 0 Å². The van der Waals surface area contributed by atoms with E-state index in [1.54, 1.807) is 6.20 Å². The van der Waals surface area contributed by atoms with Crippen LogP contribution in [-0.4, -0.2) is 35.1 Å². The lowest BCUT2D eigenvalue weighted by atomic mass is 9.85. The number of hydrogen-bond donors (Lipinski definition) is 0. The van der Waals surface area contributed by atoms with E-state index in [4.69, 9.17) is 4.74 Å². The van der Waals surface area contributed by atoms with E-state index in [2.05, 4.69) is 40.0 Å². The zero-order chi connectivity index (χ0) is 22.7. The number of aliphatic imine (C=N–C) groups is 1. The number of carbonyl (C=O) groups is 1. The molecule has 1 atom stereocenters. The summed E-state index contributed by atoms with van der Waals surface area (Å²) in [5.41, 5.74) is 4.71. The van der Waals surface area contributed by atoms with Gasteiger partial charge in [0, 0.05) is 36.5 Å². The number of aryl methyl sites for hydroxylation is 1. The molecule has 2 aliphatic rings. The largest absolute Gasteiger partial charge is 0.464 e. The van der Waals surface area contributed by atoms with Gasteiger partial charge in [-0.05, 0) is 67.5 Å². The molecule has 5 heteroatoms. The first-order valence-corrected chi connectivity index (χ1v) is 11.7. The zero-order valence-corrected chi connectivity index (χ0v) is 19.0. The monoisotopic (exact) mass is 439 g/mol. The molecular formula is C28H29N3O2. The van der Waals surface area contributed by atoms with Gasteiger partial charge in [-0.1, -0.05) is 36.4 Å². The molecule has 168 valence electrons. The van der Waals surface area contributed by atoms with Crippen LogP contribution in [0.3, 0.4) is 0 Å². The summed E-state index contributed by atoms with van der Waals surface area (Å²) >= 11 is 0. The number of carbonyl (C=O) groups excluding carboxylic acids is 1. The van der Waals surface area contributed by atoms with Crippen molar-refractivity contribution in [3.8, 4) is 5.75 Å². The van der Waals surface area contributed by atoms with Crippen molar-refractivity contribution in [1.82, 2.24) is 9.88 Å². The molecular weight excluding hydrogens is 410 g/mol. The lowest BCUT2D eigenvalue weighted by Gasteiger charge is -2.39. The second-order valence-corrected chi connectivity index (χ2v) is 8.87. The quantitative estimate of drug-likeness (QED) is 0.521. The van der Waals surface area contributed by atoms with Gasteiger partial charge in [0.2, 0.25) is 5.72 Å². The van der Waals surface area contributed by atoms with Gasteiger partial charge < -0.3 is 9.64 Å². The Morgan fingerprint density at radius 1 is 1.03 bits per heavy atom. The van der Waals surface area contributed by atoms with E-state index in [9.17, 15) is 4.79 Å². The first kappa shape index (κ1) is 21.4. The van der Waals surface area contributed by atoms with Crippen LogP contribution in [0.5, 0.6) is 5.75 Å². The van der Waals surface area contributed by atoms with Crippen LogP contribution < -0.4 is 4.74 Å². The Morgan fingerprint density at radius 3 is 2.67 bits per heavy atom. The molecule has 0 unspecified atom stereocenters. The van der Waals surface area contributed by atoms with Gasteiger partial charge in [0.15, 0.2) is 5.78 Å². The summed E-state index contributed by atoms with van der Waals surface area (Å²) in [6.07, 6.45) is 9.68. The maximum atomic E-state index is 12.7. The molecule has 1 aromatic heterocycles. The second kappa shape index (κ2) is 9.18. The highest BCUT2D eigenvalue weighted by atomic mass is 16.5. The number of fused-ring (bicyclic) bond motifs is 1. The summed E-state index contributed by atoms with van der Waals surface area (Å²) in [7, 11) is 0. The predicted octanol–water partition coefficient (Wildman–Crippen LogP) is 4.98. The van der Waals surface area contributed by atoms with Crippen LogP contribution >= 0.6 is 0 Å². The van der Waals surface area contributed by atoms with Gasteiger partial charge >= 0.3 is 0 Å². The summed E-state index contributed by atoms with van der Waals surface area (Å²) in [6, 6.07) is 18.3. The van der Waals surface area contributed by atoms with Crippen LogP contribution in [0.4, 0.5) is 0 Å². The summed E-state index contributed by atoms with van der Waals surface area (Å²) in [5.74, 6) is 1.09. The van der Waals surface area contributed by atoms with Crippen molar-refractivity contribution in [3.63, 3.8) is 0 Å². The van der Waals surface area contributed by atoms with Crippen LogP contribution in [0.25, 0.3) is 0 Å². The topological polar surface area (TPSA) is 54.8 Å². The molecule has 0 saturated carbocycles. The smallest absolute Gasteiger partial charge is 0.207 e. The van der Waals surface area contributed by atoms with Gasteiger partial charge in [-0.25, -0.2) is 0 Å². The Bertz CT molecular complexity index is 1160. The Balaban J connectivity index is 1.56. The molecule has 2 aromatic carbocycles. The van der Waals surface area contributed by atoms with E-state index in [-0.39, 0.29) is 5.78 Å². The lowest BCUT2D eigenvalue weighted by molar-refractivity contribution is -0.0259. The van der Waals surface area contributed by atoms with E-state index >= 15 is 0 Å². The van der Waals surface area contributed by atoms with Gasteiger partial charge in [0.1, 0.15) is 5.75 Å². The average molecular weight is 440 g/mol. The molecule has 0 amide bonds. The van der Waals surface area contributed by atoms with Gasteiger partial charge in [0.05, 0.1) is 12.9 Å². The molecule has 0 N–H and O–H groups in total. The maximum absolute atomic E-state index is 12.7. The molecule has 0 spiro atoms. The summed E-state index contributed by atoms with van der Waals surface area (Å²) < 4.78 is 6.90. The van der Waals surface area contributed by atoms with Crippen LogP contribution in [0.2, 0.25) is 0 Å². The first-order chi connectivity index (χ1) is 16.1. The molecule has 2 heterocycles. The second-order valence-electron chi connectivity index (χ2n) is 8.87. The van der Waals surface area contributed by atoms with Gasteiger partial charge in [0.25, 0.3) is 0 Å². The number of hydrogen-bond acceptors (Lipinski definition) is 5. The molecule has 0 fully saturated rings. The summed E-state index contributed by atoms with van der Waals surface area (Å²) in [6.45, 7) is 3.67. The summed E-state index contributed by atoms with van der Waals surface area (Å²) in [5, 5.41) is 0. The minimum atomic E-state index is -0.697. The fourth-order valence-corrected chi connectivity index (χ4v) is 4.91. The number of ketones is 1. The van der Waals surface area contributed by atoms with E-state index in [0.717, 1.165) is 66.8 Å². The molecule has 1 aliphatic heterocycles. The van der Waals surface area contributed by atoms with Crippen molar-refractivity contribution in [2.24, 2.45) is 4.99 Å². The van der Waals surface area contributed by atoms with E-state index < -0.39 is 5.72 Å². The van der Waals surface area contributed by atoms with Crippen molar-refractivity contribution in [1.29, 1.82) is 0 Å². The number of rotatable bonds is 7. The van der Waals surface area contributed by atoms with Crippen molar-refractivity contribution < 1.29 is 9.53 Å². The Labute approximate surface area is 195 Å². The Kier molecular flexibility index (Phi) is 5.95. The minimum Gasteiger partial charge on any atom is -0.464 e. The first-order valence-electron chi connectivity index (χ1n) is 11.7. The normalized spacial score (nSPS) is 17.0. The molecule has 33 heavy (non-hydrogen) atoms. The highest BCUT2D eigenvalue weighted by molar-refractivity contribution is 5.99. The molecule has 0 radical (unpaired) electrons. The number of ether oxygens (including phenoxy) is 1. The van der Waals surface area contributed by atoms with Crippen LogP contribution in [-0.2, 0) is 25.0 Å². The molecule has 0 saturated heterocycles. The molecule has 5 rings (SSSR count). The van der Waals surface area contributed by atoms with Crippen molar-refractivity contribution >= 4 is 12.1 Å².